The van der Waals surface area contributed by atoms with Gasteiger partial charge in [-0.05, 0) is 49.1 Å². The highest BCUT2D eigenvalue weighted by molar-refractivity contribution is 5.96. The zero-order valence-electron chi connectivity index (χ0n) is 17.4. The first-order chi connectivity index (χ1) is 14.5. The number of nitrogens with one attached hydrogen (secondary N) is 1. The smallest absolute Gasteiger partial charge is 0.257 e. The molecule has 7 nitrogen and oxygen atoms in total. The number of phenols is 1. The molecule has 7 heteroatoms. The van der Waals surface area contributed by atoms with E-state index < -0.39 is 0 Å². The number of hydrogen-bond donors (Lipinski definition) is 2. The number of aromatic hydroxyl groups is 1. The molecule has 0 atom stereocenters. The van der Waals surface area contributed by atoms with Crippen molar-refractivity contribution in [1.82, 2.24) is 10.2 Å². The monoisotopic (exact) mass is 412 g/mol. The van der Waals surface area contributed by atoms with Crippen LogP contribution in [-0.2, 0) is 11.2 Å². The third-order valence-electron chi connectivity index (χ3n) is 5.37. The maximum absolute atomic E-state index is 12.6. The quantitative estimate of drug-likeness (QED) is 0.730. The molecule has 3 rings (SSSR count). The second-order valence-electron chi connectivity index (χ2n) is 7.34. The van der Waals surface area contributed by atoms with E-state index in [1.54, 1.807) is 37.3 Å². The molecule has 0 saturated carbocycles. The average molecular weight is 412 g/mol. The molecular formula is C23H28N2O5. The number of aryl methyl sites for hydroxylation is 1. The van der Waals surface area contributed by atoms with Gasteiger partial charge in [-0.1, -0.05) is 18.2 Å². The summed E-state index contributed by atoms with van der Waals surface area (Å²) < 4.78 is 10.5. The molecule has 0 spiro atoms. The lowest BCUT2D eigenvalue weighted by atomic mass is 10.0. The highest BCUT2D eigenvalue weighted by Gasteiger charge is 2.25. The van der Waals surface area contributed by atoms with Crippen LogP contribution in [-0.4, -0.2) is 55.2 Å². The molecule has 160 valence electrons. The second-order valence-corrected chi connectivity index (χ2v) is 7.34. The number of amides is 2. The standard InChI is InChI=1S/C23H28N2O5/c1-29-20-9-7-16(15-21(20)30-2)8-10-22(27)24-17-11-13-25(14-12-17)23(28)18-5-3-4-6-19(18)26/h3-7,9,15,17,26H,8,10-14H2,1-2H3,(H,24,27). The molecule has 1 saturated heterocycles. The summed E-state index contributed by atoms with van der Waals surface area (Å²) in [7, 11) is 3.18. The topological polar surface area (TPSA) is 88.1 Å². The lowest BCUT2D eigenvalue weighted by Gasteiger charge is -2.32. The van der Waals surface area contributed by atoms with Gasteiger partial charge in [0.25, 0.3) is 5.91 Å². The summed E-state index contributed by atoms with van der Waals surface area (Å²) in [4.78, 5) is 26.7. The minimum atomic E-state index is -0.175. The van der Waals surface area contributed by atoms with Crippen LogP contribution >= 0.6 is 0 Å². The molecule has 0 aromatic heterocycles. The Morgan fingerprint density at radius 1 is 1.07 bits per heavy atom. The SMILES string of the molecule is COc1ccc(CCC(=O)NC2CCN(C(=O)c3ccccc3O)CC2)cc1OC. The van der Waals surface area contributed by atoms with Crippen molar-refractivity contribution in [2.75, 3.05) is 27.3 Å². The summed E-state index contributed by atoms with van der Waals surface area (Å²) >= 11 is 0. The normalized spacial score (nSPS) is 14.3. The van der Waals surface area contributed by atoms with E-state index in [2.05, 4.69) is 5.32 Å². The van der Waals surface area contributed by atoms with E-state index in [0.29, 0.717) is 55.8 Å². The molecule has 30 heavy (non-hydrogen) atoms. The summed E-state index contributed by atoms with van der Waals surface area (Å²) in [5.41, 5.74) is 1.32. The van der Waals surface area contributed by atoms with Crippen molar-refractivity contribution < 1.29 is 24.2 Å². The van der Waals surface area contributed by atoms with Gasteiger partial charge in [0.05, 0.1) is 19.8 Å². The number of carbonyl (C=O) groups excluding carboxylic acids is 2. The Hall–Kier alpha value is -3.22. The number of para-hydroxylation sites is 1. The molecular weight excluding hydrogens is 384 g/mol. The number of phenolic OH excluding ortho intramolecular Hbond substituents is 1. The molecule has 0 bridgehead atoms. The van der Waals surface area contributed by atoms with Crippen molar-refractivity contribution in [3.8, 4) is 17.2 Å². The number of nitrogens with zero attached hydrogens (tertiary/aromatic N) is 1. The molecule has 2 amide bonds. The van der Waals surface area contributed by atoms with Crippen LogP contribution in [0.1, 0.15) is 35.2 Å². The Labute approximate surface area is 176 Å². The number of likely N-dealkylation sites (tertiary alicyclic amines) is 1. The van der Waals surface area contributed by atoms with Crippen LogP contribution in [0.15, 0.2) is 42.5 Å². The largest absolute Gasteiger partial charge is 0.507 e. The Bertz CT molecular complexity index is 891. The van der Waals surface area contributed by atoms with Crippen molar-refractivity contribution >= 4 is 11.8 Å². The molecule has 1 heterocycles. The zero-order valence-corrected chi connectivity index (χ0v) is 17.4. The van der Waals surface area contributed by atoms with Gasteiger partial charge in [0.15, 0.2) is 11.5 Å². The van der Waals surface area contributed by atoms with Crippen molar-refractivity contribution in [3.05, 3.63) is 53.6 Å². The Kier molecular flexibility index (Phi) is 7.17. The van der Waals surface area contributed by atoms with Crippen LogP contribution in [0.25, 0.3) is 0 Å². The van der Waals surface area contributed by atoms with E-state index in [-0.39, 0.29) is 23.6 Å². The first-order valence-electron chi connectivity index (χ1n) is 10.1. The van der Waals surface area contributed by atoms with Crippen LogP contribution in [0.3, 0.4) is 0 Å². The number of piperidine rings is 1. The maximum Gasteiger partial charge on any atom is 0.257 e. The minimum absolute atomic E-state index is 0.00438. The maximum atomic E-state index is 12.6. The van der Waals surface area contributed by atoms with Gasteiger partial charge in [-0.3, -0.25) is 9.59 Å². The van der Waals surface area contributed by atoms with Gasteiger partial charge in [-0.25, -0.2) is 0 Å². The number of rotatable bonds is 7. The highest BCUT2D eigenvalue weighted by Crippen LogP contribution is 2.28. The van der Waals surface area contributed by atoms with E-state index in [9.17, 15) is 14.7 Å². The summed E-state index contributed by atoms with van der Waals surface area (Å²) in [6.07, 6.45) is 2.38. The number of methoxy groups -OCH3 is 2. The van der Waals surface area contributed by atoms with Crippen LogP contribution in [0.4, 0.5) is 0 Å². The van der Waals surface area contributed by atoms with Crippen molar-refractivity contribution in [2.45, 2.75) is 31.7 Å². The second kappa shape index (κ2) is 10.0. The lowest BCUT2D eigenvalue weighted by Crippen LogP contribution is -2.46. The van der Waals surface area contributed by atoms with Crippen LogP contribution in [0, 0.1) is 0 Å². The van der Waals surface area contributed by atoms with Gasteiger partial charge >= 0.3 is 0 Å². The first kappa shape index (κ1) is 21.5. The van der Waals surface area contributed by atoms with Crippen LogP contribution in [0.2, 0.25) is 0 Å². The van der Waals surface area contributed by atoms with Gasteiger partial charge < -0.3 is 24.8 Å². The molecule has 1 aliphatic heterocycles. The fourth-order valence-electron chi connectivity index (χ4n) is 3.65. The molecule has 2 aromatic carbocycles. The molecule has 0 radical (unpaired) electrons. The summed E-state index contributed by atoms with van der Waals surface area (Å²) in [6, 6.07) is 12.3. The van der Waals surface area contributed by atoms with Crippen LogP contribution < -0.4 is 14.8 Å². The van der Waals surface area contributed by atoms with Crippen LogP contribution in [0.5, 0.6) is 17.2 Å². The van der Waals surface area contributed by atoms with Crippen molar-refractivity contribution in [2.24, 2.45) is 0 Å². The van der Waals surface area contributed by atoms with E-state index in [0.717, 1.165) is 5.56 Å². The molecule has 2 aromatic rings. The third-order valence-corrected chi connectivity index (χ3v) is 5.37. The third kappa shape index (κ3) is 5.23. The fraction of sp³-hybridized carbons (Fsp3) is 0.391. The summed E-state index contributed by atoms with van der Waals surface area (Å²) in [5.74, 6) is 1.13. The van der Waals surface area contributed by atoms with Gasteiger partial charge in [0, 0.05) is 25.6 Å². The minimum Gasteiger partial charge on any atom is -0.507 e. The molecule has 1 fully saturated rings. The molecule has 2 N–H and O–H groups in total. The Morgan fingerprint density at radius 2 is 1.77 bits per heavy atom. The highest BCUT2D eigenvalue weighted by atomic mass is 16.5. The van der Waals surface area contributed by atoms with Crippen molar-refractivity contribution in [1.29, 1.82) is 0 Å². The lowest BCUT2D eigenvalue weighted by molar-refractivity contribution is -0.122. The molecule has 1 aliphatic rings. The van der Waals surface area contributed by atoms with E-state index in [1.165, 1.54) is 6.07 Å². The van der Waals surface area contributed by atoms with Crippen molar-refractivity contribution in [3.63, 3.8) is 0 Å². The molecule has 0 aliphatic carbocycles. The number of hydrogen-bond acceptors (Lipinski definition) is 5. The number of benzene rings is 2. The zero-order chi connectivity index (χ0) is 21.5. The van der Waals surface area contributed by atoms with E-state index in [4.69, 9.17) is 9.47 Å². The Balaban J connectivity index is 1.45. The average Bonchev–Trinajstić information content (AvgIpc) is 2.78. The number of carbonyl (C=O) groups is 2. The number of ether oxygens (including phenoxy) is 2. The van der Waals surface area contributed by atoms with E-state index >= 15 is 0 Å². The first-order valence-corrected chi connectivity index (χ1v) is 10.1. The van der Waals surface area contributed by atoms with Gasteiger partial charge in [-0.15, -0.1) is 0 Å². The summed E-state index contributed by atoms with van der Waals surface area (Å²) in [6.45, 7) is 1.10. The van der Waals surface area contributed by atoms with E-state index in [1.807, 2.05) is 18.2 Å². The van der Waals surface area contributed by atoms with Gasteiger partial charge in [0.1, 0.15) is 5.75 Å². The van der Waals surface area contributed by atoms with Gasteiger partial charge in [0.2, 0.25) is 5.91 Å². The predicted octanol–water partition coefficient (Wildman–Crippen LogP) is 2.76. The molecule has 0 unspecified atom stereocenters. The fourth-order valence-corrected chi connectivity index (χ4v) is 3.65. The Morgan fingerprint density at radius 3 is 2.43 bits per heavy atom. The van der Waals surface area contributed by atoms with Gasteiger partial charge in [-0.2, -0.15) is 0 Å². The predicted molar refractivity (Wildman–Crippen MR) is 113 cm³/mol. The summed E-state index contributed by atoms with van der Waals surface area (Å²) in [5, 5.41) is 12.9.